The highest BCUT2D eigenvalue weighted by atomic mass is 32.2. The van der Waals surface area contributed by atoms with Crippen molar-refractivity contribution in [2.24, 2.45) is 0 Å². The zero-order valence-electron chi connectivity index (χ0n) is 13.7. The number of sulfone groups is 1. The first-order valence-corrected chi connectivity index (χ1v) is 9.40. The molecular weight excluding hydrogens is 361 g/mol. The standard InChI is InChI=1S/C15H19F3N2O4S/c1-3-24-12-5-4-10(15(16,17)18)8-11(12)19-13(21)20-14(2)6-7-25(22,23)9-14/h4-5,8H,3,6-7,9H2,1-2H3,(H2,19,20,21)/t14-/m0/s1. The molecule has 1 saturated heterocycles. The fourth-order valence-corrected chi connectivity index (χ4v) is 4.72. The number of nitrogens with one attached hydrogen (secondary N) is 2. The van der Waals surface area contributed by atoms with Gasteiger partial charge in [0.25, 0.3) is 0 Å². The summed E-state index contributed by atoms with van der Waals surface area (Å²) in [6.45, 7) is 3.44. The number of hydrogen-bond donors (Lipinski definition) is 2. The predicted octanol–water partition coefficient (Wildman–Crippen LogP) is 2.80. The van der Waals surface area contributed by atoms with E-state index in [-0.39, 0.29) is 36.0 Å². The zero-order valence-corrected chi connectivity index (χ0v) is 14.6. The monoisotopic (exact) mass is 380 g/mol. The fourth-order valence-electron chi connectivity index (χ4n) is 2.62. The molecule has 6 nitrogen and oxygen atoms in total. The summed E-state index contributed by atoms with van der Waals surface area (Å²) in [6.07, 6.45) is -4.33. The summed E-state index contributed by atoms with van der Waals surface area (Å²) >= 11 is 0. The van der Waals surface area contributed by atoms with Crippen molar-refractivity contribution in [1.29, 1.82) is 0 Å². The van der Waals surface area contributed by atoms with Crippen LogP contribution in [0.3, 0.4) is 0 Å². The van der Waals surface area contributed by atoms with E-state index in [2.05, 4.69) is 10.6 Å². The van der Waals surface area contributed by atoms with Crippen LogP contribution in [0.5, 0.6) is 5.75 Å². The molecular formula is C15H19F3N2O4S. The second kappa shape index (κ2) is 6.74. The van der Waals surface area contributed by atoms with Crippen molar-refractivity contribution in [3.63, 3.8) is 0 Å². The van der Waals surface area contributed by atoms with Crippen molar-refractivity contribution < 1.29 is 31.1 Å². The minimum atomic E-state index is -4.57. The molecule has 1 fully saturated rings. The summed E-state index contributed by atoms with van der Waals surface area (Å²) in [5.74, 6) is -0.166. The molecule has 1 aromatic rings. The van der Waals surface area contributed by atoms with Crippen molar-refractivity contribution in [3.8, 4) is 5.75 Å². The van der Waals surface area contributed by atoms with Crippen molar-refractivity contribution in [2.75, 3.05) is 23.4 Å². The Morgan fingerprint density at radius 1 is 1.36 bits per heavy atom. The van der Waals surface area contributed by atoms with Crippen LogP contribution >= 0.6 is 0 Å². The van der Waals surface area contributed by atoms with Crippen LogP contribution in [-0.4, -0.2) is 38.1 Å². The van der Waals surface area contributed by atoms with Gasteiger partial charge in [0.2, 0.25) is 0 Å². The lowest BCUT2D eigenvalue weighted by Crippen LogP contribution is -2.48. The number of urea groups is 1. The Kier molecular flexibility index (Phi) is 5.22. The highest BCUT2D eigenvalue weighted by Gasteiger charge is 2.39. The number of amides is 2. The molecule has 0 aromatic heterocycles. The Hall–Kier alpha value is -1.97. The van der Waals surface area contributed by atoms with E-state index in [4.69, 9.17) is 4.74 Å². The molecule has 2 N–H and O–H groups in total. The van der Waals surface area contributed by atoms with Crippen LogP contribution in [0.25, 0.3) is 0 Å². The molecule has 1 atom stereocenters. The fraction of sp³-hybridized carbons (Fsp3) is 0.533. The normalized spacial score (nSPS) is 22.4. The molecule has 0 saturated carbocycles. The third-order valence-corrected chi connectivity index (χ3v) is 5.68. The Bertz CT molecular complexity index is 765. The Morgan fingerprint density at radius 2 is 2.04 bits per heavy atom. The van der Waals surface area contributed by atoms with E-state index in [1.165, 1.54) is 0 Å². The molecule has 1 aliphatic rings. The number of hydrogen-bond acceptors (Lipinski definition) is 4. The SMILES string of the molecule is CCOc1ccc(C(F)(F)F)cc1NC(=O)N[C@@]1(C)CCS(=O)(=O)C1. The van der Waals surface area contributed by atoms with Gasteiger partial charge in [-0.15, -0.1) is 0 Å². The van der Waals surface area contributed by atoms with Gasteiger partial charge in [0.15, 0.2) is 9.84 Å². The van der Waals surface area contributed by atoms with Crippen molar-refractivity contribution in [3.05, 3.63) is 23.8 Å². The third kappa shape index (κ3) is 5.00. The van der Waals surface area contributed by atoms with E-state index in [0.29, 0.717) is 0 Å². The van der Waals surface area contributed by atoms with Crippen LogP contribution in [-0.2, 0) is 16.0 Å². The molecule has 25 heavy (non-hydrogen) atoms. The number of halogens is 3. The van der Waals surface area contributed by atoms with E-state index in [9.17, 15) is 26.4 Å². The number of alkyl halides is 3. The molecule has 1 heterocycles. The average Bonchev–Trinajstić information content (AvgIpc) is 2.73. The van der Waals surface area contributed by atoms with Gasteiger partial charge in [0, 0.05) is 0 Å². The van der Waals surface area contributed by atoms with Crippen LogP contribution < -0.4 is 15.4 Å². The summed E-state index contributed by atoms with van der Waals surface area (Å²) in [6, 6.07) is 1.97. The summed E-state index contributed by atoms with van der Waals surface area (Å²) in [7, 11) is -3.23. The van der Waals surface area contributed by atoms with Gasteiger partial charge in [0.05, 0.1) is 34.9 Å². The number of benzene rings is 1. The maximum Gasteiger partial charge on any atom is 0.416 e. The number of rotatable bonds is 4. The minimum Gasteiger partial charge on any atom is -0.492 e. The highest BCUT2D eigenvalue weighted by Crippen LogP contribution is 2.35. The molecule has 2 rings (SSSR count). The van der Waals surface area contributed by atoms with Gasteiger partial charge in [-0.2, -0.15) is 13.2 Å². The number of carbonyl (C=O) groups is 1. The molecule has 2 amide bonds. The maximum atomic E-state index is 12.9. The van der Waals surface area contributed by atoms with Crippen molar-refractivity contribution in [1.82, 2.24) is 5.32 Å². The molecule has 0 aliphatic carbocycles. The first kappa shape index (κ1) is 19.4. The molecule has 1 aliphatic heterocycles. The largest absolute Gasteiger partial charge is 0.492 e. The van der Waals surface area contributed by atoms with Gasteiger partial charge in [0.1, 0.15) is 5.75 Å². The third-order valence-electron chi connectivity index (χ3n) is 3.77. The van der Waals surface area contributed by atoms with Gasteiger partial charge >= 0.3 is 12.2 Å². The van der Waals surface area contributed by atoms with Gasteiger partial charge in [-0.05, 0) is 38.5 Å². The minimum absolute atomic E-state index is 0.0441. The summed E-state index contributed by atoms with van der Waals surface area (Å²) < 4.78 is 66.9. The second-order valence-electron chi connectivity index (χ2n) is 6.12. The van der Waals surface area contributed by atoms with Crippen molar-refractivity contribution in [2.45, 2.75) is 32.0 Å². The maximum absolute atomic E-state index is 12.9. The first-order chi connectivity index (χ1) is 11.4. The summed E-state index contributed by atoms with van der Waals surface area (Å²) in [4.78, 5) is 12.1. The number of ether oxygens (including phenoxy) is 1. The van der Waals surface area contributed by atoms with Crippen LogP contribution in [0.1, 0.15) is 25.8 Å². The van der Waals surface area contributed by atoms with Crippen molar-refractivity contribution >= 4 is 21.6 Å². The van der Waals surface area contributed by atoms with E-state index < -0.39 is 33.1 Å². The molecule has 10 heteroatoms. The summed E-state index contributed by atoms with van der Waals surface area (Å²) in [5.41, 5.74) is -2.03. The van der Waals surface area contributed by atoms with Crippen LogP contribution in [0.15, 0.2) is 18.2 Å². The lowest BCUT2D eigenvalue weighted by molar-refractivity contribution is -0.137. The molecule has 0 radical (unpaired) electrons. The topological polar surface area (TPSA) is 84.5 Å². The van der Waals surface area contributed by atoms with Crippen LogP contribution in [0.4, 0.5) is 23.7 Å². The van der Waals surface area contributed by atoms with Gasteiger partial charge in [-0.3, -0.25) is 0 Å². The van der Waals surface area contributed by atoms with Gasteiger partial charge in [-0.1, -0.05) is 0 Å². The van der Waals surface area contributed by atoms with E-state index in [1.807, 2.05) is 0 Å². The average molecular weight is 380 g/mol. The highest BCUT2D eigenvalue weighted by molar-refractivity contribution is 7.91. The van der Waals surface area contributed by atoms with Crippen LogP contribution in [0.2, 0.25) is 0 Å². The van der Waals surface area contributed by atoms with Gasteiger partial charge in [-0.25, -0.2) is 13.2 Å². The van der Waals surface area contributed by atoms with E-state index >= 15 is 0 Å². The van der Waals surface area contributed by atoms with E-state index in [0.717, 1.165) is 18.2 Å². The summed E-state index contributed by atoms with van der Waals surface area (Å²) in [5, 5.41) is 4.84. The quantitative estimate of drug-likeness (QED) is 0.841. The Labute approximate surface area is 143 Å². The smallest absolute Gasteiger partial charge is 0.416 e. The predicted molar refractivity (Wildman–Crippen MR) is 86.4 cm³/mol. The Morgan fingerprint density at radius 3 is 2.56 bits per heavy atom. The second-order valence-corrected chi connectivity index (χ2v) is 8.31. The molecule has 0 unspecified atom stereocenters. The zero-order chi connectivity index (χ0) is 18.9. The van der Waals surface area contributed by atoms with Gasteiger partial charge < -0.3 is 15.4 Å². The van der Waals surface area contributed by atoms with Crippen LogP contribution in [0, 0.1) is 0 Å². The number of anilines is 1. The first-order valence-electron chi connectivity index (χ1n) is 7.58. The molecule has 0 spiro atoms. The van der Waals surface area contributed by atoms with E-state index in [1.54, 1.807) is 13.8 Å². The lowest BCUT2D eigenvalue weighted by Gasteiger charge is -2.24. The lowest BCUT2D eigenvalue weighted by atomic mass is 10.0. The Balaban J connectivity index is 2.18. The molecule has 140 valence electrons. The number of carbonyl (C=O) groups excluding carboxylic acids is 1. The molecule has 1 aromatic carbocycles. The molecule has 0 bridgehead atoms.